The second kappa shape index (κ2) is 5.42. The van der Waals surface area contributed by atoms with Gasteiger partial charge in [0.15, 0.2) is 5.69 Å². The molecule has 0 fully saturated rings. The SMILES string of the molecule is ONc1ccc2[nH+]c3nncc-3nc(-c3ccccc3Cl)c2c1. The van der Waals surface area contributed by atoms with Crippen LogP contribution in [-0.2, 0) is 0 Å². The summed E-state index contributed by atoms with van der Waals surface area (Å²) in [6, 6.07) is 12.9. The molecule has 0 aromatic heterocycles. The van der Waals surface area contributed by atoms with Gasteiger partial charge in [0, 0.05) is 16.0 Å². The lowest BCUT2D eigenvalue weighted by Crippen LogP contribution is -2.05. The molecule has 6 nitrogen and oxygen atoms in total. The van der Waals surface area contributed by atoms with E-state index in [1.54, 1.807) is 18.3 Å². The number of aromatic nitrogens is 4. The van der Waals surface area contributed by atoms with Gasteiger partial charge in [-0.3, -0.25) is 10.7 Å². The van der Waals surface area contributed by atoms with E-state index in [0.29, 0.717) is 27.9 Å². The van der Waals surface area contributed by atoms with E-state index >= 15 is 0 Å². The van der Waals surface area contributed by atoms with Gasteiger partial charge in [-0.05, 0) is 29.4 Å². The Balaban J connectivity index is 2.16. The van der Waals surface area contributed by atoms with Gasteiger partial charge in [0.05, 0.1) is 16.5 Å². The van der Waals surface area contributed by atoms with Crippen molar-refractivity contribution >= 4 is 28.2 Å². The number of fused-ring (bicyclic) bond motifs is 2. The lowest BCUT2D eigenvalue weighted by molar-refractivity contribution is -0.334. The molecule has 3 N–H and O–H groups in total. The molecule has 2 aromatic carbocycles. The molecule has 7 heteroatoms. The maximum atomic E-state index is 9.20. The monoisotopic (exact) mass is 324 g/mol. The molecule has 0 radical (unpaired) electrons. The lowest BCUT2D eigenvalue weighted by Gasteiger charge is -2.05. The fourth-order valence-electron chi connectivity index (χ4n) is 2.51. The van der Waals surface area contributed by atoms with Crippen LogP contribution in [0.5, 0.6) is 0 Å². The molecule has 2 aliphatic heterocycles. The van der Waals surface area contributed by atoms with Gasteiger partial charge < -0.3 is 0 Å². The molecule has 0 aliphatic carbocycles. The van der Waals surface area contributed by atoms with E-state index in [0.717, 1.165) is 16.5 Å². The van der Waals surface area contributed by atoms with Crippen LogP contribution in [0.25, 0.3) is 33.7 Å². The molecule has 2 aromatic rings. The normalized spacial score (nSPS) is 11.0. The quantitative estimate of drug-likeness (QED) is 0.553. The van der Waals surface area contributed by atoms with Crippen LogP contribution in [0.15, 0.2) is 48.7 Å². The average Bonchev–Trinajstić information content (AvgIpc) is 2.95. The summed E-state index contributed by atoms with van der Waals surface area (Å²) in [6.45, 7) is 0. The zero-order valence-electron chi connectivity index (χ0n) is 11.8. The molecule has 0 saturated carbocycles. The van der Waals surface area contributed by atoms with Crippen molar-refractivity contribution in [1.29, 1.82) is 0 Å². The first-order chi connectivity index (χ1) is 11.3. The van der Waals surface area contributed by atoms with Gasteiger partial charge in [-0.1, -0.05) is 29.8 Å². The van der Waals surface area contributed by atoms with Crippen LogP contribution >= 0.6 is 11.6 Å². The summed E-state index contributed by atoms with van der Waals surface area (Å²) in [6.07, 6.45) is 1.59. The van der Waals surface area contributed by atoms with Crippen molar-refractivity contribution < 1.29 is 10.2 Å². The van der Waals surface area contributed by atoms with E-state index in [-0.39, 0.29) is 0 Å². The van der Waals surface area contributed by atoms with Crippen molar-refractivity contribution in [2.24, 2.45) is 0 Å². The molecule has 2 aliphatic rings. The van der Waals surface area contributed by atoms with Gasteiger partial charge in [-0.15, -0.1) is 0 Å². The van der Waals surface area contributed by atoms with Crippen molar-refractivity contribution in [3.05, 3.63) is 53.7 Å². The van der Waals surface area contributed by atoms with Crippen LogP contribution < -0.4 is 10.5 Å². The Bertz CT molecular complexity index is 991. The molecule has 2 heterocycles. The first-order valence-electron chi connectivity index (χ1n) is 6.90. The summed E-state index contributed by atoms with van der Waals surface area (Å²) in [5.74, 6) is 0.581. The minimum absolute atomic E-state index is 0.554. The number of halogens is 1. The number of hydrogen-bond acceptors (Lipinski definition) is 5. The van der Waals surface area contributed by atoms with Crippen LogP contribution in [0, 0.1) is 0 Å². The zero-order valence-corrected chi connectivity index (χ0v) is 12.5. The largest absolute Gasteiger partial charge is 0.376 e. The highest BCUT2D eigenvalue weighted by Crippen LogP contribution is 2.32. The average molecular weight is 325 g/mol. The summed E-state index contributed by atoms with van der Waals surface area (Å²) in [5, 5.41) is 18.5. The number of rotatable bonds is 2. The standard InChI is InChI=1S/C16H10ClN5O/c17-12-4-2-1-3-10(12)15-11-7-9(22-23)5-6-13(11)20-16-14(19-15)8-18-21-16/h1-8,22-23H/p+1. The second-order valence-corrected chi connectivity index (χ2v) is 5.42. The Hall–Kier alpha value is -2.83. The molecule has 0 unspecified atom stereocenters. The van der Waals surface area contributed by atoms with Crippen molar-refractivity contribution in [3.63, 3.8) is 0 Å². The fraction of sp³-hybridized carbons (Fsp3) is 0. The van der Waals surface area contributed by atoms with E-state index in [2.05, 4.69) is 25.6 Å². The van der Waals surface area contributed by atoms with Crippen LogP contribution in [0.3, 0.4) is 0 Å². The molecule has 0 amide bonds. The molecule has 23 heavy (non-hydrogen) atoms. The van der Waals surface area contributed by atoms with E-state index in [9.17, 15) is 5.21 Å². The summed E-state index contributed by atoms with van der Waals surface area (Å²) in [4.78, 5) is 7.90. The Morgan fingerprint density at radius 1 is 1.13 bits per heavy atom. The Labute approximate surface area is 136 Å². The van der Waals surface area contributed by atoms with Crippen LogP contribution in [0.2, 0.25) is 5.02 Å². The van der Waals surface area contributed by atoms with E-state index in [1.807, 2.05) is 30.3 Å². The number of benzene rings is 2. The molecule has 0 atom stereocenters. The van der Waals surface area contributed by atoms with Crippen molar-refractivity contribution in [3.8, 4) is 22.8 Å². The highest BCUT2D eigenvalue weighted by atomic mass is 35.5. The number of aromatic amines is 1. The van der Waals surface area contributed by atoms with Gasteiger partial charge in [-0.25, -0.2) is 9.97 Å². The van der Waals surface area contributed by atoms with Crippen LogP contribution in [0.1, 0.15) is 0 Å². The summed E-state index contributed by atoms with van der Waals surface area (Å²) in [7, 11) is 0. The highest BCUT2D eigenvalue weighted by molar-refractivity contribution is 6.33. The summed E-state index contributed by atoms with van der Waals surface area (Å²) < 4.78 is 0. The Morgan fingerprint density at radius 3 is 2.83 bits per heavy atom. The van der Waals surface area contributed by atoms with E-state index in [1.165, 1.54) is 0 Å². The molecule has 0 bridgehead atoms. The predicted molar refractivity (Wildman–Crippen MR) is 86.4 cm³/mol. The first kappa shape index (κ1) is 13.8. The third kappa shape index (κ3) is 2.34. The summed E-state index contributed by atoms with van der Waals surface area (Å²) >= 11 is 6.35. The minimum atomic E-state index is 0.554. The Kier molecular flexibility index (Phi) is 3.25. The van der Waals surface area contributed by atoms with Gasteiger partial charge in [-0.2, -0.15) is 0 Å². The van der Waals surface area contributed by atoms with E-state index < -0.39 is 0 Å². The van der Waals surface area contributed by atoms with Crippen molar-refractivity contribution in [2.75, 3.05) is 5.48 Å². The van der Waals surface area contributed by atoms with Crippen molar-refractivity contribution in [2.45, 2.75) is 0 Å². The van der Waals surface area contributed by atoms with Gasteiger partial charge in [0.25, 0.3) is 0 Å². The second-order valence-electron chi connectivity index (χ2n) is 5.02. The van der Waals surface area contributed by atoms with Gasteiger partial charge in [0.1, 0.15) is 11.7 Å². The van der Waals surface area contributed by atoms with Gasteiger partial charge in [0.2, 0.25) is 0 Å². The van der Waals surface area contributed by atoms with Crippen molar-refractivity contribution in [1.82, 2.24) is 15.2 Å². The van der Waals surface area contributed by atoms with E-state index in [4.69, 9.17) is 11.6 Å². The number of nitrogens with one attached hydrogen (secondary N) is 2. The summed E-state index contributed by atoms with van der Waals surface area (Å²) in [5.41, 5.74) is 5.63. The first-order valence-corrected chi connectivity index (χ1v) is 7.27. The smallest absolute Gasteiger partial charge is 0.291 e. The number of H-pyrrole nitrogens is 1. The lowest BCUT2D eigenvalue weighted by atomic mass is 10.1. The predicted octanol–water partition coefficient (Wildman–Crippen LogP) is 3.07. The molecular formula is C16H11ClN5O+. The molecule has 4 rings (SSSR count). The number of hydrogen-bond donors (Lipinski definition) is 2. The third-order valence-corrected chi connectivity index (χ3v) is 3.93. The third-order valence-electron chi connectivity index (χ3n) is 3.60. The topological polar surface area (TPSA) is 85.1 Å². The maximum Gasteiger partial charge on any atom is 0.376 e. The fourth-order valence-corrected chi connectivity index (χ4v) is 2.74. The number of nitrogens with zero attached hydrogens (tertiary/aromatic N) is 3. The maximum absolute atomic E-state index is 9.20. The van der Waals surface area contributed by atoms with Gasteiger partial charge >= 0.3 is 5.82 Å². The van der Waals surface area contributed by atoms with Crippen LogP contribution in [-0.4, -0.2) is 20.4 Å². The molecule has 0 spiro atoms. The highest BCUT2D eigenvalue weighted by Gasteiger charge is 2.20. The number of anilines is 1. The van der Waals surface area contributed by atoms with Crippen LogP contribution in [0.4, 0.5) is 5.69 Å². The molecular weight excluding hydrogens is 314 g/mol. The zero-order chi connectivity index (χ0) is 15.8. The Morgan fingerprint density at radius 2 is 2.00 bits per heavy atom. The molecule has 112 valence electrons. The molecule has 0 saturated heterocycles. The minimum Gasteiger partial charge on any atom is -0.291 e.